The van der Waals surface area contributed by atoms with Crippen LogP contribution in [0.5, 0.6) is 0 Å². The molecule has 1 unspecified atom stereocenters. The normalized spacial score (nSPS) is 12.9. The number of nitrogens with two attached hydrogens (primary N) is 1. The first-order valence-electron chi connectivity index (χ1n) is 4.98. The van der Waals surface area contributed by atoms with Crippen molar-refractivity contribution in [1.82, 2.24) is 15.2 Å². The number of hydrazine groups is 1. The Hall–Kier alpha value is -0.690. The minimum absolute atomic E-state index is 0.0168. The lowest BCUT2D eigenvalue weighted by Crippen LogP contribution is -2.30. The van der Waals surface area contributed by atoms with Crippen molar-refractivity contribution in [1.29, 1.82) is 0 Å². The second-order valence-corrected chi connectivity index (χ2v) is 5.14. The van der Waals surface area contributed by atoms with E-state index in [4.69, 9.17) is 5.84 Å². The van der Waals surface area contributed by atoms with Crippen LogP contribution in [0, 0.1) is 0 Å². The molecule has 4 nitrogen and oxygen atoms in total. The molecule has 0 fully saturated rings. The van der Waals surface area contributed by atoms with Gasteiger partial charge in [0, 0.05) is 11.4 Å². The zero-order valence-corrected chi connectivity index (χ0v) is 11.3. The Labute approximate surface area is 107 Å². The second kappa shape index (κ2) is 5.09. The van der Waals surface area contributed by atoms with Crippen LogP contribution in [-0.2, 0) is 6.54 Å². The fraction of sp³-hybridized carbons (Fsp3) is 0.300. The molecule has 0 aromatic carbocycles. The Morgan fingerprint density at radius 2 is 2.50 bits per heavy atom. The highest BCUT2D eigenvalue weighted by Crippen LogP contribution is 2.30. The monoisotopic (exact) mass is 300 g/mol. The summed E-state index contributed by atoms with van der Waals surface area (Å²) in [5, 5.41) is 6.33. The number of hydrogen-bond donors (Lipinski definition) is 2. The molecule has 0 radical (unpaired) electrons. The van der Waals surface area contributed by atoms with Crippen molar-refractivity contribution < 1.29 is 0 Å². The molecule has 2 heterocycles. The highest BCUT2D eigenvalue weighted by atomic mass is 79.9. The van der Waals surface area contributed by atoms with Crippen molar-refractivity contribution in [3.63, 3.8) is 0 Å². The van der Waals surface area contributed by atoms with E-state index < -0.39 is 0 Å². The SMILES string of the molecule is CCn1ncc(Br)c1C(NN)c1cccs1. The maximum atomic E-state index is 5.64. The van der Waals surface area contributed by atoms with Gasteiger partial charge in [0.25, 0.3) is 0 Å². The first-order valence-corrected chi connectivity index (χ1v) is 6.66. The van der Waals surface area contributed by atoms with E-state index in [1.807, 2.05) is 16.1 Å². The molecule has 2 rings (SSSR count). The molecule has 0 bridgehead atoms. The van der Waals surface area contributed by atoms with Crippen LogP contribution in [0.2, 0.25) is 0 Å². The fourth-order valence-corrected chi connectivity index (χ4v) is 2.97. The molecule has 0 aliphatic rings. The van der Waals surface area contributed by atoms with Crippen molar-refractivity contribution in [3.8, 4) is 0 Å². The summed E-state index contributed by atoms with van der Waals surface area (Å²) in [4.78, 5) is 1.18. The number of thiophene rings is 1. The van der Waals surface area contributed by atoms with Gasteiger partial charge in [0.15, 0.2) is 0 Å². The van der Waals surface area contributed by atoms with Crippen molar-refractivity contribution in [2.45, 2.75) is 19.5 Å². The van der Waals surface area contributed by atoms with Gasteiger partial charge in [0.05, 0.1) is 22.4 Å². The third kappa shape index (κ3) is 2.06. The van der Waals surface area contributed by atoms with Gasteiger partial charge in [-0.25, -0.2) is 5.43 Å². The van der Waals surface area contributed by atoms with E-state index >= 15 is 0 Å². The molecule has 16 heavy (non-hydrogen) atoms. The summed E-state index contributed by atoms with van der Waals surface area (Å²) in [7, 11) is 0. The molecule has 0 aliphatic heterocycles. The lowest BCUT2D eigenvalue weighted by molar-refractivity contribution is 0.547. The lowest BCUT2D eigenvalue weighted by atomic mass is 10.2. The summed E-state index contributed by atoms with van der Waals surface area (Å²) in [6.07, 6.45) is 1.80. The van der Waals surface area contributed by atoms with Crippen LogP contribution < -0.4 is 11.3 Å². The first-order chi connectivity index (χ1) is 7.77. The van der Waals surface area contributed by atoms with Crippen LogP contribution in [0.25, 0.3) is 0 Å². The van der Waals surface area contributed by atoms with Gasteiger partial charge in [0.1, 0.15) is 0 Å². The first kappa shape index (κ1) is 11.8. The molecule has 0 spiro atoms. The summed E-state index contributed by atoms with van der Waals surface area (Å²) in [6, 6.07) is 4.07. The average Bonchev–Trinajstić information content (AvgIpc) is 2.91. The van der Waals surface area contributed by atoms with E-state index in [9.17, 15) is 0 Å². The van der Waals surface area contributed by atoms with Crippen LogP contribution in [0.3, 0.4) is 0 Å². The largest absolute Gasteiger partial charge is 0.270 e. The minimum Gasteiger partial charge on any atom is -0.270 e. The van der Waals surface area contributed by atoms with E-state index in [1.165, 1.54) is 4.88 Å². The van der Waals surface area contributed by atoms with Crippen molar-refractivity contribution >= 4 is 27.3 Å². The molecule has 0 saturated heterocycles. The number of nitrogens with zero attached hydrogens (tertiary/aromatic N) is 2. The third-order valence-corrected chi connectivity index (χ3v) is 3.95. The fourth-order valence-electron chi connectivity index (χ4n) is 1.66. The lowest BCUT2D eigenvalue weighted by Gasteiger charge is -2.16. The number of halogens is 1. The van der Waals surface area contributed by atoms with Gasteiger partial charge in [-0.2, -0.15) is 5.10 Å². The number of nitrogens with one attached hydrogen (secondary N) is 1. The predicted molar refractivity (Wildman–Crippen MR) is 69.1 cm³/mol. The van der Waals surface area contributed by atoms with Crippen LogP contribution in [0.4, 0.5) is 0 Å². The van der Waals surface area contributed by atoms with Gasteiger partial charge in [-0.3, -0.25) is 10.5 Å². The minimum atomic E-state index is -0.0168. The molecule has 2 aromatic rings. The van der Waals surface area contributed by atoms with Gasteiger partial charge in [-0.1, -0.05) is 6.07 Å². The molecule has 0 amide bonds. The highest BCUT2D eigenvalue weighted by Gasteiger charge is 2.20. The van der Waals surface area contributed by atoms with Crippen LogP contribution >= 0.6 is 27.3 Å². The molecule has 2 aromatic heterocycles. The number of rotatable bonds is 4. The molecule has 86 valence electrons. The Bertz CT molecular complexity index is 451. The molecule has 0 saturated carbocycles. The number of hydrogen-bond acceptors (Lipinski definition) is 4. The quantitative estimate of drug-likeness (QED) is 0.673. The highest BCUT2D eigenvalue weighted by molar-refractivity contribution is 9.10. The average molecular weight is 301 g/mol. The zero-order valence-electron chi connectivity index (χ0n) is 8.85. The second-order valence-electron chi connectivity index (χ2n) is 3.31. The Morgan fingerprint density at radius 3 is 3.06 bits per heavy atom. The number of aryl methyl sites for hydroxylation is 1. The molecular formula is C10H13BrN4S. The van der Waals surface area contributed by atoms with E-state index in [2.05, 4.69) is 39.4 Å². The van der Waals surface area contributed by atoms with Crippen molar-refractivity contribution in [2.75, 3.05) is 0 Å². The van der Waals surface area contributed by atoms with Crippen molar-refractivity contribution in [3.05, 3.63) is 38.8 Å². The summed E-state index contributed by atoms with van der Waals surface area (Å²) < 4.78 is 2.92. The molecule has 0 aliphatic carbocycles. The Kier molecular flexibility index (Phi) is 3.75. The van der Waals surface area contributed by atoms with Gasteiger partial charge in [0.2, 0.25) is 0 Å². The smallest absolute Gasteiger partial charge is 0.0981 e. The van der Waals surface area contributed by atoms with Gasteiger partial charge in [-0.05, 0) is 34.3 Å². The molecule has 1 atom stereocenters. The predicted octanol–water partition coefficient (Wildman–Crippen LogP) is 2.28. The molecule has 3 N–H and O–H groups in total. The molecule has 6 heteroatoms. The van der Waals surface area contributed by atoms with E-state index in [0.29, 0.717) is 0 Å². The zero-order chi connectivity index (χ0) is 11.5. The number of aromatic nitrogens is 2. The molecular weight excluding hydrogens is 288 g/mol. The third-order valence-electron chi connectivity index (χ3n) is 2.40. The van der Waals surface area contributed by atoms with Crippen molar-refractivity contribution in [2.24, 2.45) is 5.84 Å². The Morgan fingerprint density at radius 1 is 1.69 bits per heavy atom. The topological polar surface area (TPSA) is 55.9 Å². The van der Waals surface area contributed by atoms with E-state index in [1.54, 1.807) is 17.5 Å². The maximum absolute atomic E-state index is 5.64. The summed E-state index contributed by atoms with van der Waals surface area (Å²) in [5.41, 5.74) is 3.90. The Balaban J connectivity index is 2.44. The summed E-state index contributed by atoms with van der Waals surface area (Å²) in [5.74, 6) is 5.64. The van der Waals surface area contributed by atoms with Crippen LogP contribution in [0.15, 0.2) is 28.2 Å². The van der Waals surface area contributed by atoms with Crippen LogP contribution in [0.1, 0.15) is 23.5 Å². The van der Waals surface area contributed by atoms with Crippen LogP contribution in [-0.4, -0.2) is 9.78 Å². The van der Waals surface area contributed by atoms with E-state index in [-0.39, 0.29) is 6.04 Å². The standard InChI is InChI=1S/C10H13BrN4S/c1-2-15-10(7(11)6-13-15)9(14-12)8-4-3-5-16-8/h3-6,9,14H,2,12H2,1H3. The van der Waals surface area contributed by atoms with Gasteiger partial charge < -0.3 is 0 Å². The van der Waals surface area contributed by atoms with Gasteiger partial charge in [-0.15, -0.1) is 11.3 Å². The maximum Gasteiger partial charge on any atom is 0.0981 e. The summed E-state index contributed by atoms with van der Waals surface area (Å²) in [6.45, 7) is 2.88. The van der Waals surface area contributed by atoms with E-state index in [0.717, 1.165) is 16.7 Å². The summed E-state index contributed by atoms with van der Waals surface area (Å²) >= 11 is 5.19. The van der Waals surface area contributed by atoms with Gasteiger partial charge >= 0.3 is 0 Å².